The Labute approximate surface area is 325 Å². The van der Waals surface area contributed by atoms with Gasteiger partial charge >= 0.3 is 0 Å². The van der Waals surface area contributed by atoms with Crippen LogP contribution in [0.15, 0.2) is 211 Å². The van der Waals surface area contributed by atoms with Gasteiger partial charge in [-0.1, -0.05) is 189 Å². The van der Waals surface area contributed by atoms with Crippen LogP contribution in [0.25, 0.3) is 55.6 Å². The molecule has 2 nitrogen and oxygen atoms in total. The Balaban J connectivity index is 1.03. The fourth-order valence-electron chi connectivity index (χ4n) is 7.44. The van der Waals surface area contributed by atoms with Gasteiger partial charge in [0.2, 0.25) is 0 Å². The van der Waals surface area contributed by atoms with Crippen LogP contribution in [-0.4, -0.2) is 10.7 Å². The van der Waals surface area contributed by atoms with Gasteiger partial charge in [0.1, 0.15) is 0 Å². The summed E-state index contributed by atoms with van der Waals surface area (Å²) < 4.78 is 0. The lowest BCUT2D eigenvalue weighted by Crippen LogP contribution is -2.09. The zero-order chi connectivity index (χ0) is 37.6. The molecule has 0 bridgehead atoms. The first-order chi connectivity index (χ1) is 27.0. The topological polar surface area (TPSA) is 25.2 Å². The number of fused-ring (bicyclic) bond motifs is 1. The number of benzene rings is 6. The number of allylic oxidation sites excluding steroid dienone is 6. The van der Waals surface area contributed by atoms with Crippen molar-refractivity contribution in [3.8, 4) is 33.5 Å². The van der Waals surface area contributed by atoms with Crippen LogP contribution in [0.4, 0.5) is 0 Å². The van der Waals surface area contributed by atoms with Crippen LogP contribution in [-0.2, 0) is 0 Å². The molecule has 2 heteroatoms. The van der Waals surface area contributed by atoms with E-state index in [1.807, 2.05) is 12.3 Å². The maximum atomic E-state index is 5.28. The van der Waals surface area contributed by atoms with E-state index in [1.54, 1.807) is 0 Å². The molecule has 0 spiro atoms. The average molecular weight is 709 g/mol. The third-order valence-corrected chi connectivity index (χ3v) is 10.7. The van der Waals surface area contributed by atoms with Gasteiger partial charge in [0, 0.05) is 29.0 Å². The van der Waals surface area contributed by atoms with Crippen molar-refractivity contribution in [1.29, 1.82) is 0 Å². The van der Waals surface area contributed by atoms with Crippen molar-refractivity contribution >= 4 is 27.8 Å². The van der Waals surface area contributed by atoms with Crippen LogP contribution in [0.1, 0.15) is 37.0 Å². The Hall–Kier alpha value is -6.64. The summed E-state index contributed by atoms with van der Waals surface area (Å²) in [6.45, 7) is 8.93. The van der Waals surface area contributed by atoms with Crippen molar-refractivity contribution in [3.05, 3.63) is 223 Å². The molecule has 1 aromatic heterocycles. The number of hydrogen-bond donors (Lipinski definition) is 0. The Morgan fingerprint density at radius 1 is 0.655 bits per heavy atom. The predicted octanol–water partition coefficient (Wildman–Crippen LogP) is 13.9. The van der Waals surface area contributed by atoms with E-state index in [1.165, 1.54) is 27.5 Å². The number of hydrogen-bond acceptors (Lipinski definition) is 2. The summed E-state index contributed by atoms with van der Waals surface area (Å²) in [6.07, 6.45) is 12.0. The summed E-state index contributed by atoms with van der Waals surface area (Å²) in [5, 5.41) is 2.44. The van der Waals surface area contributed by atoms with Crippen molar-refractivity contribution in [2.24, 2.45) is 16.8 Å². The summed E-state index contributed by atoms with van der Waals surface area (Å²) in [5.74, 6) is 0.423. The molecule has 6 aromatic carbocycles. The zero-order valence-electron chi connectivity index (χ0n) is 31.4. The number of nitrogens with zero attached hydrogens (tertiary/aromatic N) is 2. The quantitative estimate of drug-likeness (QED) is 0.103. The molecule has 1 aliphatic rings. The summed E-state index contributed by atoms with van der Waals surface area (Å²) >= 11 is 0. The molecule has 1 aliphatic carbocycles. The SMILES string of the molecule is C=C(C(C)/C=C(\N=C(C)c1cccc(-c2ccc(-c3cccnc3-c3ccc4ccccc4c3)cc2)c1)c1ccccc1)C1C=CC(c2ccccc2)=CC1. The van der Waals surface area contributed by atoms with Gasteiger partial charge in [-0.05, 0) is 87.2 Å². The molecule has 8 rings (SSSR count). The van der Waals surface area contributed by atoms with Crippen LogP contribution >= 0.6 is 0 Å². The molecule has 2 atom stereocenters. The van der Waals surface area contributed by atoms with Crippen molar-refractivity contribution < 1.29 is 0 Å². The van der Waals surface area contributed by atoms with Crippen molar-refractivity contribution in [2.45, 2.75) is 20.3 Å². The number of aliphatic imine (C=N–C) groups is 1. The lowest BCUT2D eigenvalue weighted by Gasteiger charge is -2.22. The smallest absolute Gasteiger partial charge is 0.0780 e. The monoisotopic (exact) mass is 708 g/mol. The third kappa shape index (κ3) is 8.00. The lowest BCUT2D eigenvalue weighted by molar-refractivity contribution is 0.674. The summed E-state index contributed by atoms with van der Waals surface area (Å²) in [4.78, 5) is 10.1. The first-order valence-electron chi connectivity index (χ1n) is 19.1. The first-order valence-corrected chi connectivity index (χ1v) is 19.1. The maximum Gasteiger partial charge on any atom is 0.0780 e. The van der Waals surface area contributed by atoms with Gasteiger partial charge in [-0.3, -0.25) is 9.98 Å². The fourth-order valence-corrected chi connectivity index (χ4v) is 7.44. The molecule has 1 heterocycles. The maximum absolute atomic E-state index is 5.28. The van der Waals surface area contributed by atoms with E-state index in [0.29, 0.717) is 0 Å². The van der Waals surface area contributed by atoms with E-state index in [0.717, 1.165) is 62.5 Å². The van der Waals surface area contributed by atoms with Gasteiger partial charge in [-0.25, -0.2) is 0 Å². The van der Waals surface area contributed by atoms with Gasteiger partial charge in [0.15, 0.2) is 0 Å². The Kier molecular flexibility index (Phi) is 10.4. The van der Waals surface area contributed by atoms with Gasteiger partial charge in [-0.2, -0.15) is 0 Å². The molecule has 0 fully saturated rings. The highest BCUT2D eigenvalue weighted by molar-refractivity contribution is 6.02. The van der Waals surface area contributed by atoms with Crippen LogP contribution in [0.2, 0.25) is 0 Å². The Morgan fingerprint density at radius 3 is 2.09 bits per heavy atom. The number of rotatable bonds is 10. The minimum absolute atomic E-state index is 0.138. The van der Waals surface area contributed by atoms with Crippen LogP contribution in [0, 0.1) is 11.8 Å². The summed E-state index contributed by atoms with van der Waals surface area (Å²) in [5.41, 5.74) is 14.5. The molecule has 0 radical (unpaired) electrons. The van der Waals surface area contributed by atoms with Crippen LogP contribution in [0.5, 0.6) is 0 Å². The Morgan fingerprint density at radius 2 is 1.33 bits per heavy atom. The van der Waals surface area contributed by atoms with Gasteiger partial charge in [-0.15, -0.1) is 0 Å². The zero-order valence-corrected chi connectivity index (χ0v) is 31.4. The molecule has 0 aliphatic heterocycles. The van der Waals surface area contributed by atoms with Gasteiger partial charge in [0.25, 0.3) is 0 Å². The summed E-state index contributed by atoms with van der Waals surface area (Å²) in [7, 11) is 0. The van der Waals surface area contributed by atoms with Gasteiger partial charge < -0.3 is 0 Å². The number of aromatic nitrogens is 1. The van der Waals surface area contributed by atoms with E-state index < -0.39 is 0 Å². The van der Waals surface area contributed by atoms with Gasteiger partial charge in [0.05, 0.1) is 11.4 Å². The standard InChI is InChI=1S/C53H44N2/c1-37(38(2)40-23-25-43(26-24-40)41-14-6-4-7-15-41)34-52(46-17-8-5-9-18-46)55-39(3)47-20-12-21-49(35-47)44-27-30-45(31-28-44)51-22-13-33-54-53(51)50-32-29-42-16-10-11-19-48(42)36-50/h4-23,25-37,40H,2,24H2,1,3H3/b52-34-,55-39?. The van der Waals surface area contributed by atoms with Crippen LogP contribution in [0.3, 0.4) is 0 Å². The molecule has 2 unspecified atom stereocenters. The van der Waals surface area contributed by atoms with E-state index in [2.05, 4.69) is 202 Å². The molecular weight excluding hydrogens is 665 g/mol. The molecule has 0 saturated heterocycles. The molecule has 0 amide bonds. The highest BCUT2D eigenvalue weighted by atomic mass is 14.8. The molecule has 266 valence electrons. The fraction of sp³-hybridized carbons (Fsp3) is 0.0943. The predicted molar refractivity (Wildman–Crippen MR) is 235 cm³/mol. The molecule has 55 heavy (non-hydrogen) atoms. The number of pyridine rings is 1. The molecular formula is C53H44N2. The van der Waals surface area contributed by atoms with Crippen molar-refractivity contribution in [3.63, 3.8) is 0 Å². The van der Waals surface area contributed by atoms with E-state index in [-0.39, 0.29) is 11.8 Å². The highest BCUT2D eigenvalue weighted by Gasteiger charge is 2.18. The molecule has 7 aromatic rings. The second-order valence-electron chi connectivity index (χ2n) is 14.3. The van der Waals surface area contributed by atoms with E-state index in [4.69, 9.17) is 9.98 Å². The Bertz CT molecular complexity index is 2590. The normalized spacial score (nSPS) is 15.1. The largest absolute Gasteiger partial charge is 0.256 e. The summed E-state index contributed by atoms with van der Waals surface area (Å²) in [6, 6.07) is 57.8. The highest BCUT2D eigenvalue weighted by Crippen LogP contribution is 2.35. The van der Waals surface area contributed by atoms with Crippen molar-refractivity contribution in [2.75, 3.05) is 0 Å². The van der Waals surface area contributed by atoms with E-state index in [9.17, 15) is 0 Å². The first kappa shape index (κ1) is 35.4. The second-order valence-corrected chi connectivity index (χ2v) is 14.3. The lowest BCUT2D eigenvalue weighted by atomic mass is 9.83. The average Bonchev–Trinajstić information content (AvgIpc) is 3.26. The minimum Gasteiger partial charge on any atom is -0.256 e. The second kappa shape index (κ2) is 16.2. The van der Waals surface area contributed by atoms with E-state index >= 15 is 0 Å². The third-order valence-electron chi connectivity index (χ3n) is 10.7. The molecule has 0 saturated carbocycles. The minimum atomic E-state index is 0.138. The van der Waals surface area contributed by atoms with Crippen molar-refractivity contribution in [1.82, 2.24) is 4.98 Å². The van der Waals surface area contributed by atoms with Crippen LogP contribution < -0.4 is 0 Å². The molecule has 0 N–H and O–H groups in total.